The summed E-state index contributed by atoms with van der Waals surface area (Å²) >= 11 is 1.57. The molecule has 0 bridgehead atoms. The Balaban J connectivity index is 1.90. The molecule has 2 heterocycles. The number of piperidine rings is 1. The van der Waals surface area contributed by atoms with Gasteiger partial charge in [0, 0.05) is 10.9 Å². The van der Waals surface area contributed by atoms with Crippen molar-refractivity contribution in [2.45, 2.75) is 58.9 Å². The van der Waals surface area contributed by atoms with Crippen molar-refractivity contribution in [3.63, 3.8) is 0 Å². The van der Waals surface area contributed by atoms with Gasteiger partial charge in [-0.25, -0.2) is 4.98 Å². The molecule has 1 amide bonds. The van der Waals surface area contributed by atoms with E-state index in [-0.39, 0.29) is 5.91 Å². The minimum absolute atomic E-state index is 0.0711. The van der Waals surface area contributed by atoms with Gasteiger partial charge in [-0.1, -0.05) is 20.3 Å². The van der Waals surface area contributed by atoms with Crippen molar-refractivity contribution in [3.8, 4) is 0 Å². The molecule has 1 saturated heterocycles. The maximum Gasteiger partial charge on any atom is 0.240 e. The standard InChI is InChI=1S/C15H25N3OS/c1-4-12-8-6-7-9-18(12)10-14(19)17-15-16-13(5-2)11(3)20-15/h12H,4-10H2,1-3H3,(H,16,17,19). The van der Waals surface area contributed by atoms with Gasteiger partial charge in [-0.05, 0) is 39.2 Å². The van der Waals surface area contributed by atoms with Crippen LogP contribution >= 0.6 is 11.3 Å². The van der Waals surface area contributed by atoms with Gasteiger partial charge in [-0.15, -0.1) is 11.3 Å². The molecule has 112 valence electrons. The fourth-order valence-corrected chi connectivity index (χ4v) is 3.80. The molecule has 1 aromatic rings. The highest BCUT2D eigenvalue weighted by molar-refractivity contribution is 7.15. The van der Waals surface area contributed by atoms with Crippen molar-refractivity contribution in [3.05, 3.63) is 10.6 Å². The summed E-state index contributed by atoms with van der Waals surface area (Å²) < 4.78 is 0. The molecule has 1 atom stereocenters. The van der Waals surface area contributed by atoms with Crippen LogP contribution < -0.4 is 5.32 Å². The molecule has 1 aromatic heterocycles. The van der Waals surface area contributed by atoms with E-state index in [0.29, 0.717) is 12.6 Å². The van der Waals surface area contributed by atoms with E-state index in [9.17, 15) is 4.79 Å². The Labute approximate surface area is 125 Å². The largest absolute Gasteiger partial charge is 0.301 e. The number of thiazole rings is 1. The van der Waals surface area contributed by atoms with Gasteiger partial charge < -0.3 is 5.32 Å². The lowest BCUT2D eigenvalue weighted by atomic mass is 10.0. The molecule has 0 spiro atoms. The molecule has 1 unspecified atom stereocenters. The average molecular weight is 295 g/mol. The third-order valence-electron chi connectivity index (χ3n) is 4.04. The second-order valence-electron chi connectivity index (χ2n) is 5.45. The van der Waals surface area contributed by atoms with Gasteiger partial charge in [0.1, 0.15) is 0 Å². The van der Waals surface area contributed by atoms with Gasteiger partial charge in [0.25, 0.3) is 0 Å². The van der Waals surface area contributed by atoms with Crippen LogP contribution in [0.3, 0.4) is 0 Å². The molecule has 1 N–H and O–H groups in total. The Kier molecular flexibility index (Phi) is 5.54. The molecule has 1 fully saturated rings. The number of aryl methyl sites for hydroxylation is 2. The summed E-state index contributed by atoms with van der Waals surface area (Å²) in [5.74, 6) is 0.0711. The molecule has 0 saturated carbocycles. The number of amides is 1. The predicted octanol–water partition coefficient (Wildman–Crippen LogP) is 3.22. The maximum atomic E-state index is 12.2. The summed E-state index contributed by atoms with van der Waals surface area (Å²) in [6.07, 6.45) is 5.77. The van der Waals surface area contributed by atoms with Crippen molar-refractivity contribution >= 4 is 22.4 Å². The number of carbonyl (C=O) groups is 1. The van der Waals surface area contributed by atoms with Crippen LogP contribution in [0, 0.1) is 6.92 Å². The van der Waals surface area contributed by atoms with Crippen LogP contribution in [-0.4, -0.2) is 34.9 Å². The Morgan fingerprint density at radius 2 is 2.25 bits per heavy atom. The highest BCUT2D eigenvalue weighted by Crippen LogP contribution is 2.23. The summed E-state index contributed by atoms with van der Waals surface area (Å²) in [5, 5.41) is 3.70. The fraction of sp³-hybridized carbons (Fsp3) is 0.733. The normalized spacial score (nSPS) is 20.1. The molecular weight excluding hydrogens is 270 g/mol. The first-order valence-electron chi connectivity index (χ1n) is 7.64. The molecule has 4 nitrogen and oxygen atoms in total. The van der Waals surface area contributed by atoms with E-state index in [4.69, 9.17) is 0 Å². The van der Waals surface area contributed by atoms with E-state index in [0.717, 1.165) is 30.2 Å². The monoisotopic (exact) mass is 295 g/mol. The number of anilines is 1. The third-order valence-corrected chi connectivity index (χ3v) is 4.97. The van der Waals surface area contributed by atoms with Gasteiger partial charge in [-0.2, -0.15) is 0 Å². The Morgan fingerprint density at radius 1 is 1.45 bits per heavy atom. The number of aromatic nitrogens is 1. The van der Waals surface area contributed by atoms with Crippen LogP contribution in [0.4, 0.5) is 5.13 Å². The van der Waals surface area contributed by atoms with Crippen LogP contribution in [0.5, 0.6) is 0 Å². The zero-order valence-corrected chi connectivity index (χ0v) is 13.6. The first-order chi connectivity index (χ1) is 9.63. The molecule has 0 aliphatic carbocycles. The van der Waals surface area contributed by atoms with Crippen molar-refractivity contribution < 1.29 is 4.79 Å². The van der Waals surface area contributed by atoms with E-state index >= 15 is 0 Å². The quantitative estimate of drug-likeness (QED) is 0.907. The van der Waals surface area contributed by atoms with Crippen molar-refractivity contribution in [1.82, 2.24) is 9.88 Å². The number of carbonyl (C=O) groups excluding carboxylic acids is 1. The number of nitrogens with one attached hydrogen (secondary N) is 1. The van der Waals surface area contributed by atoms with Crippen molar-refractivity contribution in [2.24, 2.45) is 0 Å². The number of likely N-dealkylation sites (tertiary alicyclic amines) is 1. The Morgan fingerprint density at radius 3 is 2.90 bits per heavy atom. The molecule has 0 radical (unpaired) electrons. The smallest absolute Gasteiger partial charge is 0.240 e. The molecule has 1 aliphatic heterocycles. The first-order valence-corrected chi connectivity index (χ1v) is 8.45. The van der Waals surface area contributed by atoms with E-state index in [1.807, 2.05) is 0 Å². The highest BCUT2D eigenvalue weighted by Gasteiger charge is 2.23. The van der Waals surface area contributed by atoms with Gasteiger partial charge in [0.05, 0.1) is 12.2 Å². The van der Waals surface area contributed by atoms with Crippen molar-refractivity contribution in [2.75, 3.05) is 18.4 Å². The summed E-state index contributed by atoms with van der Waals surface area (Å²) in [4.78, 5) is 20.2. The topological polar surface area (TPSA) is 45.2 Å². The lowest BCUT2D eigenvalue weighted by Crippen LogP contribution is -2.43. The summed E-state index contributed by atoms with van der Waals surface area (Å²) in [6.45, 7) is 7.90. The first kappa shape index (κ1) is 15.4. The maximum absolute atomic E-state index is 12.2. The van der Waals surface area contributed by atoms with Crippen LogP contribution in [0.15, 0.2) is 0 Å². The van der Waals surface area contributed by atoms with Crippen molar-refractivity contribution in [1.29, 1.82) is 0 Å². The zero-order chi connectivity index (χ0) is 14.5. The third kappa shape index (κ3) is 3.79. The lowest BCUT2D eigenvalue weighted by Gasteiger charge is -2.34. The second kappa shape index (κ2) is 7.18. The highest BCUT2D eigenvalue weighted by atomic mass is 32.1. The van der Waals surface area contributed by atoms with E-state index in [1.54, 1.807) is 11.3 Å². The second-order valence-corrected chi connectivity index (χ2v) is 6.66. The molecule has 1 aliphatic rings. The summed E-state index contributed by atoms with van der Waals surface area (Å²) in [5.41, 5.74) is 1.09. The predicted molar refractivity (Wildman–Crippen MR) is 84.4 cm³/mol. The molecule has 0 aromatic carbocycles. The minimum Gasteiger partial charge on any atom is -0.301 e. The number of hydrogen-bond acceptors (Lipinski definition) is 4. The Hall–Kier alpha value is -0.940. The van der Waals surface area contributed by atoms with Gasteiger partial charge in [0.15, 0.2) is 5.13 Å². The lowest BCUT2D eigenvalue weighted by molar-refractivity contribution is -0.118. The van der Waals surface area contributed by atoms with E-state index < -0.39 is 0 Å². The number of rotatable bonds is 5. The van der Waals surface area contributed by atoms with Crippen LogP contribution in [0.1, 0.15) is 50.1 Å². The Bertz CT molecular complexity index is 458. The van der Waals surface area contributed by atoms with Gasteiger partial charge >= 0.3 is 0 Å². The van der Waals surface area contributed by atoms with Crippen LogP contribution in [0.25, 0.3) is 0 Å². The zero-order valence-electron chi connectivity index (χ0n) is 12.7. The van der Waals surface area contributed by atoms with Gasteiger partial charge in [0.2, 0.25) is 5.91 Å². The molecule has 5 heteroatoms. The number of hydrogen-bond donors (Lipinski definition) is 1. The average Bonchev–Trinajstić information content (AvgIpc) is 2.79. The molecular formula is C15H25N3OS. The van der Waals surface area contributed by atoms with Crippen LogP contribution in [-0.2, 0) is 11.2 Å². The van der Waals surface area contributed by atoms with E-state index in [2.05, 4.69) is 36.0 Å². The molecule has 2 rings (SSSR count). The SMILES string of the molecule is CCc1nc(NC(=O)CN2CCCCC2CC)sc1C. The minimum atomic E-state index is 0.0711. The summed E-state index contributed by atoms with van der Waals surface area (Å²) in [6, 6.07) is 0.568. The van der Waals surface area contributed by atoms with Gasteiger partial charge in [-0.3, -0.25) is 9.69 Å². The fourth-order valence-electron chi connectivity index (χ4n) is 2.88. The number of nitrogens with zero attached hydrogens (tertiary/aromatic N) is 2. The van der Waals surface area contributed by atoms with Crippen LogP contribution in [0.2, 0.25) is 0 Å². The summed E-state index contributed by atoms with van der Waals surface area (Å²) in [7, 11) is 0. The van der Waals surface area contributed by atoms with E-state index in [1.165, 1.54) is 24.1 Å². The molecule has 20 heavy (non-hydrogen) atoms.